The molecule has 3 nitrogen and oxygen atoms in total. The van der Waals surface area contributed by atoms with Crippen molar-refractivity contribution in [2.75, 3.05) is 12.0 Å². The molecule has 2 unspecified atom stereocenters. The van der Waals surface area contributed by atoms with Gasteiger partial charge in [0.25, 0.3) is 0 Å². The number of hydrogen-bond donors (Lipinski definition) is 1. The van der Waals surface area contributed by atoms with Gasteiger partial charge in [0.05, 0.1) is 5.75 Å². The molecule has 2 atom stereocenters. The van der Waals surface area contributed by atoms with Gasteiger partial charge >= 0.3 is 0 Å². The van der Waals surface area contributed by atoms with Crippen LogP contribution in [0.2, 0.25) is 0 Å². The van der Waals surface area contributed by atoms with Gasteiger partial charge in [0, 0.05) is 18.3 Å². The van der Waals surface area contributed by atoms with E-state index in [2.05, 4.69) is 45.1 Å². The fourth-order valence-electron chi connectivity index (χ4n) is 2.89. The number of sulfone groups is 1. The molecule has 1 aromatic rings. The Morgan fingerprint density at radius 1 is 1.11 bits per heavy atom. The summed E-state index contributed by atoms with van der Waals surface area (Å²) in [5, 5.41) is 3.37. The van der Waals surface area contributed by atoms with Gasteiger partial charge in [-0.1, -0.05) is 17.7 Å². The normalized spacial score (nSPS) is 15.3. The van der Waals surface area contributed by atoms with Gasteiger partial charge in [0.15, 0.2) is 0 Å². The van der Waals surface area contributed by atoms with Crippen molar-refractivity contribution in [2.24, 2.45) is 0 Å². The molecule has 0 bridgehead atoms. The van der Waals surface area contributed by atoms with Crippen molar-refractivity contribution in [2.45, 2.75) is 46.7 Å². The first-order chi connectivity index (χ1) is 8.60. The molecule has 4 heteroatoms. The summed E-state index contributed by atoms with van der Waals surface area (Å²) in [5.41, 5.74) is 5.04. The third kappa shape index (κ3) is 4.96. The van der Waals surface area contributed by atoms with E-state index in [1.807, 2.05) is 6.92 Å². The number of hydrogen-bond acceptors (Lipinski definition) is 3. The maximum atomic E-state index is 11.3. The molecule has 0 aliphatic carbocycles. The van der Waals surface area contributed by atoms with Crippen molar-refractivity contribution >= 4 is 9.84 Å². The van der Waals surface area contributed by atoms with Crippen LogP contribution in [0.5, 0.6) is 0 Å². The highest BCUT2D eigenvalue weighted by Gasteiger charge is 2.16. The first-order valence-corrected chi connectivity index (χ1v) is 8.67. The second kappa shape index (κ2) is 6.06. The predicted octanol–water partition coefficient (Wildman–Crippen LogP) is 2.70. The quantitative estimate of drug-likeness (QED) is 0.903. The molecule has 0 radical (unpaired) electrons. The van der Waals surface area contributed by atoms with Crippen molar-refractivity contribution < 1.29 is 8.42 Å². The van der Waals surface area contributed by atoms with Crippen LogP contribution in [-0.2, 0) is 9.84 Å². The minimum absolute atomic E-state index is 0.0508. The van der Waals surface area contributed by atoms with Gasteiger partial charge in [-0.2, -0.15) is 0 Å². The summed E-state index contributed by atoms with van der Waals surface area (Å²) in [6, 6.07) is 4.44. The van der Waals surface area contributed by atoms with Gasteiger partial charge in [0.2, 0.25) is 0 Å². The second-order valence-electron chi connectivity index (χ2n) is 5.69. The van der Waals surface area contributed by atoms with Crippen LogP contribution in [0, 0.1) is 20.8 Å². The van der Waals surface area contributed by atoms with Crippen LogP contribution < -0.4 is 5.32 Å². The summed E-state index contributed by atoms with van der Waals surface area (Å²) in [4.78, 5) is 0. The third-order valence-electron chi connectivity index (χ3n) is 3.26. The highest BCUT2D eigenvalue weighted by molar-refractivity contribution is 7.90. The molecule has 1 aromatic carbocycles. The molecule has 0 fully saturated rings. The highest BCUT2D eigenvalue weighted by Crippen LogP contribution is 2.23. The molecule has 0 amide bonds. The summed E-state index contributed by atoms with van der Waals surface area (Å²) in [7, 11) is -2.94. The largest absolute Gasteiger partial charge is 0.307 e. The number of nitrogens with one attached hydrogen (secondary N) is 1. The lowest BCUT2D eigenvalue weighted by molar-refractivity contribution is 0.498. The van der Waals surface area contributed by atoms with Crippen LogP contribution in [-0.4, -0.2) is 26.5 Å². The Labute approximate surface area is 117 Å². The van der Waals surface area contributed by atoms with Gasteiger partial charge in [-0.3, -0.25) is 0 Å². The van der Waals surface area contributed by atoms with Crippen LogP contribution >= 0.6 is 0 Å². The Morgan fingerprint density at radius 3 is 2.00 bits per heavy atom. The average Bonchev–Trinajstić information content (AvgIpc) is 2.10. The highest BCUT2D eigenvalue weighted by atomic mass is 32.2. The molecule has 0 spiro atoms. The predicted molar refractivity (Wildman–Crippen MR) is 81.4 cm³/mol. The van der Waals surface area contributed by atoms with E-state index in [4.69, 9.17) is 0 Å². The van der Waals surface area contributed by atoms with Crippen LogP contribution in [0.15, 0.2) is 12.1 Å². The van der Waals surface area contributed by atoms with Gasteiger partial charge in [-0.05, 0) is 51.3 Å². The summed E-state index contributed by atoms with van der Waals surface area (Å²) < 4.78 is 22.6. The molecular weight excluding hydrogens is 258 g/mol. The lowest BCUT2D eigenvalue weighted by Crippen LogP contribution is -2.35. The zero-order valence-corrected chi connectivity index (χ0v) is 13.6. The molecule has 0 heterocycles. The van der Waals surface area contributed by atoms with Crippen molar-refractivity contribution in [1.29, 1.82) is 0 Å². The first kappa shape index (κ1) is 16.2. The second-order valence-corrected chi connectivity index (χ2v) is 7.88. The SMILES string of the molecule is Cc1cc(C)c(C(C)NC(C)CS(C)(=O)=O)c(C)c1. The van der Waals surface area contributed by atoms with Gasteiger partial charge < -0.3 is 5.32 Å². The third-order valence-corrected chi connectivity index (χ3v) is 4.36. The number of rotatable bonds is 5. The maximum Gasteiger partial charge on any atom is 0.148 e. The molecular formula is C15H25NO2S. The molecule has 0 aromatic heterocycles. The van der Waals surface area contributed by atoms with Crippen LogP contribution in [0.1, 0.15) is 42.1 Å². The monoisotopic (exact) mass is 283 g/mol. The van der Waals surface area contributed by atoms with E-state index < -0.39 is 9.84 Å². The molecule has 0 aliphatic heterocycles. The molecule has 0 aliphatic rings. The van der Waals surface area contributed by atoms with Crippen LogP contribution in [0.4, 0.5) is 0 Å². The molecule has 1 N–H and O–H groups in total. The van der Waals surface area contributed by atoms with E-state index in [0.29, 0.717) is 0 Å². The van der Waals surface area contributed by atoms with E-state index >= 15 is 0 Å². The van der Waals surface area contributed by atoms with Crippen molar-refractivity contribution in [3.63, 3.8) is 0 Å². The summed E-state index contributed by atoms with van der Waals surface area (Å²) in [6.45, 7) is 10.3. The molecule has 0 saturated carbocycles. The minimum Gasteiger partial charge on any atom is -0.307 e. The molecule has 0 saturated heterocycles. The van der Waals surface area contributed by atoms with Crippen molar-refractivity contribution in [3.8, 4) is 0 Å². The minimum atomic E-state index is -2.94. The van der Waals surface area contributed by atoms with Gasteiger partial charge in [-0.15, -0.1) is 0 Å². The fraction of sp³-hybridized carbons (Fsp3) is 0.600. The van der Waals surface area contributed by atoms with E-state index in [9.17, 15) is 8.42 Å². The summed E-state index contributed by atoms with van der Waals surface area (Å²) >= 11 is 0. The van der Waals surface area contributed by atoms with Crippen molar-refractivity contribution in [3.05, 3.63) is 34.4 Å². The average molecular weight is 283 g/mol. The zero-order valence-electron chi connectivity index (χ0n) is 12.7. The Balaban J connectivity index is 2.87. The zero-order chi connectivity index (χ0) is 14.8. The molecule has 1 rings (SSSR count). The van der Waals surface area contributed by atoms with E-state index in [-0.39, 0.29) is 17.8 Å². The van der Waals surface area contributed by atoms with E-state index in [0.717, 1.165) is 0 Å². The lowest BCUT2D eigenvalue weighted by Gasteiger charge is -2.23. The van der Waals surface area contributed by atoms with Crippen molar-refractivity contribution in [1.82, 2.24) is 5.32 Å². The summed E-state index contributed by atoms with van der Waals surface area (Å²) in [5.74, 6) is 0.168. The Kier molecular flexibility index (Phi) is 5.16. The Morgan fingerprint density at radius 2 is 1.58 bits per heavy atom. The molecule has 108 valence electrons. The van der Waals surface area contributed by atoms with Crippen LogP contribution in [0.3, 0.4) is 0 Å². The number of aryl methyl sites for hydroxylation is 3. The Hall–Kier alpha value is -0.870. The molecule has 19 heavy (non-hydrogen) atoms. The van der Waals surface area contributed by atoms with Crippen LogP contribution in [0.25, 0.3) is 0 Å². The number of benzene rings is 1. The lowest BCUT2D eigenvalue weighted by atomic mass is 9.94. The standard InChI is InChI=1S/C15H25NO2S/c1-10-7-11(2)15(12(3)8-10)14(5)16-13(4)9-19(6,17)18/h7-8,13-14,16H,9H2,1-6H3. The van der Waals surface area contributed by atoms with E-state index in [1.54, 1.807) is 0 Å². The maximum absolute atomic E-state index is 11.3. The smallest absolute Gasteiger partial charge is 0.148 e. The van der Waals surface area contributed by atoms with Gasteiger partial charge in [0.1, 0.15) is 9.84 Å². The van der Waals surface area contributed by atoms with E-state index in [1.165, 1.54) is 28.5 Å². The fourth-order valence-corrected chi connectivity index (χ4v) is 3.89. The Bertz CT molecular complexity index is 526. The summed E-state index contributed by atoms with van der Waals surface area (Å²) in [6.07, 6.45) is 1.28. The topological polar surface area (TPSA) is 46.2 Å². The first-order valence-electron chi connectivity index (χ1n) is 6.61. The van der Waals surface area contributed by atoms with Gasteiger partial charge in [-0.25, -0.2) is 8.42 Å².